The Morgan fingerprint density at radius 1 is 0.941 bits per heavy atom. The number of rotatable bonds is 9. The van der Waals surface area contributed by atoms with E-state index in [-0.39, 0.29) is 40.8 Å². The summed E-state index contributed by atoms with van der Waals surface area (Å²) in [5, 5.41) is -0.0751. The first-order chi connectivity index (χ1) is 23.8. The van der Waals surface area contributed by atoms with Gasteiger partial charge in [0.05, 0.1) is 42.3 Å². The number of methoxy groups -OCH3 is 1. The van der Waals surface area contributed by atoms with Gasteiger partial charge in [0.1, 0.15) is 22.5 Å². The number of likely N-dealkylation sites (tertiary alicyclic amines) is 1. The van der Waals surface area contributed by atoms with Crippen LogP contribution in [0.2, 0.25) is 0 Å². The number of esters is 1. The van der Waals surface area contributed by atoms with Gasteiger partial charge in [0.25, 0.3) is 0 Å². The zero-order valence-corrected chi connectivity index (χ0v) is 32.1. The van der Waals surface area contributed by atoms with Crippen LogP contribution in [0.5, 0.6) is 6.01 Å². The molecule has 3 saturated heterocycles. The maximum atomic E-state index is 15.0. The van der Waals surface area contributed by atoms with E-state index in [0.29, 0.717) is 39.0 Å². The summed E-state index contributed by atoms with van der Waals surface area (Å²) in [6.45, 7) is 16.4. The number of benzene rings is 1. The normalized spacial score (nSPS) is 19.6. The van der Waals surface area contributed by atoms with E-state index in [0.717, 1.165) is 25.6 Å². The average Bonchev–Trinajstić information content (AvgIpc) is 3.63. The number of hydrogen-bond donors (Lipinski definition) is 0. The molecule has 51 heavy (non-hydrogen) atoms. The van der Waals surface area contributed by atoms with Crippen LogP contribution in [0.3, 0.4) is 0 Å². The molecule has 1 amide bonds. The largest absolute Gasteiger partial charge is 0.467 e. The number of fused-ring (bicyclic) bond motifs is 3. The lowest BCUT2D eigenvalue weighted by molar-refractivity contribution is -0.156. The number of nitrogens with zero attached hydrogens (tertiary/aromatic N) is 5. The highest BCUT2D eigenvalue weighted by molar-refractivity contribution is 9.10. The Morgan fingerprint density at radius 2 is 1.55 bits per heavy atom. The molecule has 0 aliphatic carbocycles. The number of halogens is 5. The molecule has 0 N–H and O–H groups in total. The van der Waals surface area contributed by atoms with Gasteiger partial charge in [-0.3, -0.25) is 9.69 Å². The topological polar surface area (TPSA) is 107 Å². The minimum Gasteiger partial charge on any atom is -0.467 e. The Kier molecular flexibility index (Phi) is 13.4. The molecule has 1 aromatic heterocycles. The molecule has 0 spiro atoms. The van der Waals surface area contributed by atoms with Crippen molar-refractivity contribution in [2.24, 2.45) is 0 Å². The third kappa shape index (κ3) is 11.3. The number of anilines is 1. The van der Waals surface area contributed by atoms with Crippen LogP contribution in [0.4, 0.5) is 28.2 Å². The van der Waals surface area contributed by atoms with E-state index in [1.807, 2.05) is 20.8 Å². The van der Waals surface area contributed by atoms with E-state index in [1.54, 1.807) is 30.6 Å². The molecule has 0 saturated carbocycles. The molecule has 11 nitrogen and oxygen atoms in total. The number of hydrogen-bond acceptors (Lipinski definition) is 10. The van der Waals surface area contributed by atoms with E-state index in [4.69, 9.17) is 18.9 Å². The molecular formula is C35H50BrF4N5O6. The summed E-state index contributed by atoms with van der Waals surface area (Å²) in [5.41, 5.74) is -2.48. The average molecular weight is 793 g/mol. The lowest BCUT2D eigenvalue weighted by Crippen LogP contribution is -2.57. The van der Waals surface area contributed by atoms with Crippen molar-refractivity contribution in [3.05, 3.63) is 21.9 Å². The molecule has 16 heteroatoms. The fourth-order valence-electron chi connectivity index (χ4n) is 6.44. The summed E-state index contributed by atoms with van der Waals surface area (Å²) in [5.74, 6) is -1.19. The number of aromatic nitrogens is 2. The lowest BCUT2D eigenvalue weighted by atomic mass is 10.1. The lowest BCUT2D eigenvalue weighted by Gasteiger charge is -2.42. The van der Waals surface area contributed by atoms with Crippen LogP contribution in [0, 0.1) is 5.82 Å². The van der Waals surface area contributed by atoms with Gasteiger partial charge in [-0.15, -0.1) is 0 Å². The maximum absolute atomic E-state index is 15.0. The summed E-state index contributed by atoms with van der Waals surface area (Å²) in [6, 6.07) is 0.262. The monoisotopic (exact) mass is 791 g/mol. The quantitative estimate of drug-likeness (QED) is 0.145. The predicted molar refractivity (Wildman–Crippen MR) is 187 cm³/mol. The molecule has 1 aromatic carbocycles. The summed E-state index contributed by atoms with van der Waals surface area (Å²) in [7, 11) is 1.30. The third-order valence-electron chi connectivity index (χ3n) is 8.54. The highest BCUT2D eigenvalue weighted by atomic mass is 79.9. The SMILES string of the molecule is CC(C)(C)OC(=O)CCOCCCN1CCCC1.COc1nc(N2CC3CCC(C2)N3C(=O)OC(C)(C)C)c2cc(C(F)(F)F)c(Br)c(F)c2n1. The van der Waals surface area contributed by atoms with Crippen LogP contribution in [0.25, 0.3) is 10.9 Å². The van der Waals surface area contributed by atoms with Crippen LogP contribution in [0.1, 0.15) is 85.6 Å². The highest BCUT2D eigenvalue weighted by Gasteiger charge is 2.45. The first-order valence-electron chi connectivity index (χ1n) is 17.4. The van der Waals surface area contributed by atoms with Crippen LogP contribution in [-0.4, -0.2) is 108 Å². The van der Waals surface area contributed by atoms with Gasteiger partial charge in [-0.25, -0.2) is 9.18 Å². The molecule has 2 bridgehead atoms. The molecule has 0 radical (unpaired) electrons. The van der Waals surface area contributed by atoms with Gasteiger partial charge in [0.2, 0.25) is 0 Å². The fraction of sp³-hybridized carbons (Fsp3) is 0.714. The number of piperazine rings is 1. The first-order valence-corrected chi connectivity index (χ1v) is 18.2. The number of carbonyl (C=O) groups excluding carboxylic acids is 2. The minimum atomic E-state index is -4.78. The van der Waals surface area contributed by atoms with Crippen molar-refractivity contribution < 1.29 is 46.1 Å². The Morgan fingerprint density at radius 3 is 2.10 bits per heavy atom. The van der Waals surface area contributed by atoms with Gasteiger partial charge in [-0.2, -0.15) is 23.1 Å². The highest BCUT2D eigenvalue weighted by Crippen LogP contribution is 2.42. The molecule has 5 rings (SSSR count). The molecule has 2 unspecified atom stereocenters. The van der Waals surface area contributed by atoms with Crippen LogP contribution in [0.15, 0.2) is 10.5 Å². The van der Waals surface area contributed by atoms with Gasteiger partial charge < -0.3 is 28.7 Å². The Balaban J connectivity index is 0.000000275. The second-order valence-corrected chi connectivity index (χ2v) is 15.8. The summed E-state index contributed by atoms with van der Waals surface area (Å²) >= 11 is 2.71. The van der Waals surface area contributed by atoms with Crippen molar-refractivity contribution in [3.63, 3.8) is 0 Å². The van der Waals surface area contributed by atoms with Crippen LogP contribution >= 0.6 is 15.9 Å². The van der Waals surface area contributed by atoms with Gasteiger partial charge in [0.15, 0.2) is 5.82 Å². The molecule has 3 fully saturated rings. The third-order valence-corrected chi connectivity index (χ3v) is 9.31. The Hall–Kier alpha value is -2.98. The fourth-order valence-corrected chi connectivity index (χ4v) is 6.97. The number of amides is 1. The number of ether oxygens (including phenoxy) is 4. The standard InChI is InChI=1S/C21H23BrF4N4O3.C14H27NO3/c1-20(2,3)33-19(31)30-10-5-6-11(30)9-29(8-10)17-12-7-13(21(24,25)26)14(22)15(23)16(12)27-18(28-17)32-4;1-14(2,3)18-13(16)7-12-17-11-6-10-15-8-4-5-9-15/h7,10-11H,5-6,8-9H2,1-4H3;4-12H2,1-3H3. The van der Waals surface area contributed by atoms with Crippen molar-refractivity contribution in [2.45, 2.75) is 110 Å². The molecule has 2 atom stereocenters. The number of alkyl halides is 3. The molecule has 4 heterocycles. The predicted octanol–water partition coefficient (Wildman–Crippen LogP) is 7.37. The molecule has 3 aliphatic rings. The maximum Gasteiger partial charge on any atom is 0.417 e. The zero-order valence-electron chi connectivity index (χ0n) is 30.5. The van der Waals surface area contributed by atoms with Crippen molar-refractivity contribution in [1.29, 1.82) is 0 Å². The van der Waals surface area contributed by atoms with Gasteiger partial charge in [-0.1, -0.05) is 0 Å². The van der Waals surface area contributed by atoms with E-state index in [9.17, 15) is 27.2 Å². The van der Waals surface area contributed by atoms with E-state index < -0.39 is 39.3 Å². The Bertz CT molecular complexity index is 1510. The summed E-state index contributed by atoms with van der Waals surface area (Å²) < 4.78 is 76.2. The summed E-state index contributed by atoms with van der Waals surface area (Å²) in [4.78, 5) is 38.3. The van der Waals surface area contributed by atoms with E-state index >= 15 is 0 Å². The van der Waals surface area contributed by atoms with Crippen LogP contribution < -0.4 is 9.64 Å². The van der Waals surface area contributed by atoms with E-state index in [2.05, 4.69) is 30.8 Å². The molecule has 2 aromatic rings. The second-order valence-electron chi connectivity index (χ2n) is 15.0. The van der Waals surface area contributed by atoms with Crippen molar-refractivity contribution in [2.75, 3.05) is 57.9 Å². The van der Waals surface area contributed by atoms with Crippen LogP contribution in [-0.2, 0) is 25.2 Å². The molecule has 3 aliphatic heterocycles. The van der Waals surface area contributed by atoms with Crippen molar-refractivity contribution >= 4 is 44.7 Å². The minimum absolute atomic E-state index is 0.0751. The van der Waals surface area contributed by atoms with Gasteiger partial charge in [0, 0.05) is 31.6 Å². The second kappa shape index (κ2) is 16.8. The zero-order chi connectivity index (χ0) is 37.7. The molecule has 286 valence electrons. The van der Waals surface area contributed by atoms with Gasteiger partial charge in [-0.05, 0) is 109 Å². The van der Waals surface area contributed by atoms with Gasteiger partial charge >= 0.3 is 24.2 Å². The Labute approximate surface area is 305 Å². The van der Waals surface area contributed by atoms with E-state index in [1.165, 1.54) is 33.0 Å². The van der Waals surface area contributed by atoms with Crippen molar-refractivity contribution in [1.82, 2.24) is 19.8 Å². The molecular weight excluding hydrogens is 742 g/mol. The smallest absolute Gasteiger partial charge is 0.417 e. The van der Waals surface area contributed by atoms with Crippen molar-refractivity contribution in [3.8, 4) is 6.01 Å². The first kappa shape index (κ1) is 40.8. The summed E-state index contributed by atoms with van der Waals surface area (Å²) in [6.07, 6.45) is 0.296. The number of carbonyl (C=O) groups is 2.